The highest BCUT2D eigenvalue weighted by atomic mass is 15.3. The average molecular weight is 235 g/mol. The Morgan fingerprint density at radius 3 is 2.35 bits per heavy atom. The third kappa shape index (κ3) is 2.39. The summed E-state index contributed by atoms with van der Waals surface area (Å²) >= 11 is 0. The molecule has 2 heterocycles. The number of hydrogen-bond acceptors (Lipinski definition) is 2. The molecule has 0 aliphatic carbocycles. The minimum absolute atomic E-state index is 0.193. The van der Waals surface area contributed by atoms with Gasteiger partial charge in [-0.05, 0) is 38.3 Å². The summed E-state index contributed by atoms with van der Waals surface area (Å²) in [7, 11) is 2.10. The Balaban J connectivity index is 2.44. The highest BCUT2D eigenvalue weighted by Gasteiger charge is 2.29. The van der Waals surface area contributed by atoms with Crippen molar-refractivity contribution in [1.82, 2.24) is 15.1 Å². The minimum Gasteiger partial charge on any atom is -0.317 e. The summed E-state index contributed by atoms with van der Waals surface area (Å²) in [6.45, 7) is 11.3. The maximum absolute atomic E-state index is 4.65. The lowest BCUT2D eigenvalue weighted by molar-refractivity contribution is 0.430. The minimum atomic E-state index is 0.193. The van der Waals surface area contributed by atoms with Crippen LogP contribution in [0.1, 0.15) is 56.5 Å². The maximum Gasteiger partial charge on any atom is 0.0633 e. The molecule has 0 radical (unpaired) electrons. The van der Waals surface area contributed by atoms with Gasteiger partial charge >= 0.3 is 0 Å². The van der Waals surface area contributed by atoms with E-state index in [0.717, 1.165) is 13.1 Å². The van der Waals surface area contributed by atoms with Crippen LogP contribution < -0.4 is 5.32 Å². The summed E-state index contributed by atoms with van der Waals surface area (Å²) in [5, 5.41) is 8.09. The van der Waals surface area contributed by atoms with E-state index in [1.54, 1.807) is 0 Å². The molecule has 2 rings (SSSR count). The molecule has 1 aromatic heterocycles. The molecule has 0 bridgehead atoms. The SMILES string of the molecule is Cc1nn(C)c(C2CCNCC2)c1C(C)(C)C. The molecule has 0 spiro atoms. The van der Waals surface area contributed by atoms with Crippen LogP contribution in [0.2, 0.25) is 0 Å². The summed E-state index contributed by atoms with van der Waals surface area (Å²) in [5.41, 5.74) is 4.33. The van der Waals surface area contributed by atoms with E-state index in [4.69, 9.17) is 0 Å². The smallest absolute Gasteiger partial charge is 0.0633 e. The zero-order chi connectivity index (χ0) is 12.6. The molecule has 17 heavy (non-hydrogen) atoms. The van der Waals surface area contributed by atoms with Gasteiger partial charge in [0.2, 0.25) is 0 Å². The van der Waals surface area contributed by atoms with Crippen molar-refractivity contribution in [2.45, 2.75) is 51.9 Å². The molecule has 1 fully saturated rings. The Morgan fingerprint density at radius 1 is 1.24 bits per heavy atom. The standard InChI is InChI=1S/C14H25N3/c1-10-12(14(2,3)4)13(17(5)16-10)11-6-8-15-9-7-11/h11,15H,6-9H2,1-5H3. The van der Waals surface area contributed by atoms with Crippen LogP contribution in [0.3, 0.4) is 0 Å². The van der Waals surface area contributed by atoms with Crippen LogP contribution in [0.25, 0.3) is 0 Å². The van der Waals surface area contributed by atoms with Crippen LogP contribution >= 0.6 is 0 Å². The maximum atomic E-state index is 4.65. The van der Waals surface area contributed by atoms with Crippen molar-refractivity contribution in [3.8, 4) is 0 Å². The van der Waals surface area contributed by atoms with Gasteiger partial charge in [0, 0.05) is 24.2 Å². The van der Waals surface area contributed by atoms with Crippen LogP contribution in [0, 0.1) is 6.92 Å². The van der Waals surface area contributed by atoms with Gasteiger partial charge in [-0.15, -0.1) is 0 Å². The molecule has 3 nitrogen and oxygen atoms in total. The molecular formula is C14H25N3. The van der Waals surface area contributed by atoms with Gasteiger partial charge in [0.05, 0.1) is 5.69 Å². The number of nitrogens with zero attached hydrogens (tertiary/aromatic N) is 2. The van der Waals surface area contributed by atoms with Crippen LogP contribution in [-0.4, -0.2) is 22.9 Å². The van der Waals surface area contributed by atoms with Gasteiger partial charge in [-0.25, -0.2) is 0 Å². The Labute approximate surface area is 105 Å². The van der Waals surface area contributed by atoms with Crippen molar-refractivity contribution in [1.29, 1.82) is 0 Å². The highest BCUT2D eigenvalue weighted by Crippen LogP contribution is 2.36. The van der Waals surface area contributed by atoms with Gasteiger partial charge < -0.3 is 5.32 Å². The highest BCUT2D eigenvalue weighted by molar-refractivity contribution is 5.35. The van der Waals surface area contributed by atoms with Crippen LogP contribution in [-0.2, 0) is 12.5 Å². The lowest BCUT2D eigenvalue weighted by atomic mass is 9.80. The molecule has 1 aliphatic heterocycles. The van der Waals surface area contributed by atoms with E-state index in [0.29, 0.717) is 5.92 Å². The Hall–Kier alpha value is -0.830. The van der Waals surface area contributed by atoms with Crippen molar-refractivity contribution in [3.63, 3.8) is 0 Å². The topological polar surface area (TPSA) is 29.9 Å². The number of nitrogens with one attached hydrogen (secondary N) is 1. The zero-order valence-electron chi connectivity index (χ0n) is 11.8. The summed E-state index contributed by atoms with van der Waals surface area (Å²) in [6.07, 6.45) is 2.48. The second kappa shape index (κ2) is 4.45. The molecule has 0 amide bonds. The van der Waals surface area contributed by atoms with Crippen LogP contribution in [0.4, 0.5) is 0 Å². The molecule has 1 N–H and O–H groups in total. The fraction of sp³-hybridized carbons (Fsp3) is 0.786. The second-order valence-corrected chi connectivity index (χ2v) is 6.24. The van der Waals surface area contributed by atoms with Crippen LogP contribution in [0.5, 0.6) is 0 Å². The third-order valence-electron chi connectivity index (χ3n) is 3.74. The zero-order valence-corrected chi connectivity index (χ0v) is 11.8. The van der Waals surface area contributed by atoms with Crippen molar-refractivity contribution in [2.75, 3.05) is 13.1 Å². The van der Waals surface area contributed by atoms with Crippen molar-refractivity contribution >= 4 is 0 Å². The lowest BCUT2D eigenvalue weighted by Crippen LogP contribution is -2.29. The predicted molar refractivity (Wildman–Crippen MR) is 71.5 cm³/mol. The number of rotatable bonds is 1. The Bertz CT molecular complexity index is 392. The summed E-state index contributed by atoms with van der Waals surface area (Å²) in [4.78, 5) is 0. The Morgan fingerprint density at radius 2 is 1.82 bits per heavy atom. The van der Waals surface area contributed by atoms with Crippen molar-refractivity contribution in [3.05, 3.63) is 17.0 Å². The third-order valence-corrected chi connectivity index (χ3v) is 3.74. The largest absolute Gasteiger partial charge is 0.317 e. The van der Waals surface area contributed by atoms with Gasteiger partial charge in [0.1, 0.15) is 0 Å². The predicted octanol–water partition coefficient (Wildman–Crippen LogP) is 2.49. The first-order valence-corrected chi connectivity index (χ1v) is 6.66. The molecule has 0 saturated carbocycles. The van der Waals surface area contributed by atoms with E-state index in [1.165, 1.54) is 29.8 Å². The molecule has 0 aromatic carbocycles. The van der Waals surface area contributed by atoms with E-state index < -0.39 is 0 Å². The van der Waals surface area contributed by atoms with E-state index in [2.05, 4.69) is 49.8 Å². The molecule has 96 valence electrons. The van der Waals surface area contributed by atoms with Gasteiger partial charge in [0.25, 0.3) is 0 Å². The molecule has 0 atom stereocenters. The number of aryl methyl sites for hydroxylation is 2. The molecule has 0 unspecified atom stereocenters. The van der Waals surface area contributed by atoms with E-state index in [-0.39, 0.29) is 5.41 Å². The van der Waals surface area contributed by atoms with Crippen molar-refractivity contribution < 1.29 is 0 Å². The van der Waals surface area contributed by atoms with Crippen molar-refractivity contribution in [2.24, 2.45) is 7.05 Å². The molecular weight excluding hydrogens is 210 g/mol. The normalized spacial score (nSPS) is 18.6. The van der Waals surface area contributed by atoms with Gasteiger partial charge in [0.15, 0.2) is 0 Å². The van der Waals surface area contributed by atoms with Crippen LogP contribution in [0.15, 0.2) is 0 Å². The number of aromatic nitrogens is 2. The van der Waals surface area contributed by atoms with Gasteiger partial charge in [-0.1, -0.05) is 20.8 Å². The lowest BCUT2D eigenvalue weighted by Gasteiger charge is -2.28. The van der Waals surface area contributed by atoms with Gasteiger partial charge in [-0.2, -0.15) is 5.10 Å². The summed E-state index contributed by atoms with van der Waals surface area (Å²) < 4.78 is 2.12. The molecule has 3 heteroatoms. The summed E-state index contributed by atoms with van der Waals surface area (Å²) in [5.74, 6) is 0.677. The van der Waals surface area contributed by atoms with E-state index >= 15 is 0 Å². The fourth-order valence-corrected chi connectivity index (χ4v) is 3.17. The first-order chi connectivity index (χ1) is 7.91. The average Bonchev–Trinajstić information content (AvgIpc) is 2.54. The second-order valence-electron chi connectivity index (χ2n) is 6.24. The molecule has 1 aromatic rings. The fourth-order valence-electron chi connectivity index (χ4n) is 3.17. The van der Waals surface area contributed by atoms with E-state index in [1.807, 2.05) is 0 Å². The first-order valence-electron chi connectivity index (χ1n) is 6.66. The Kier molecular flexibility index (Phi) is 3.30. The number of hydrogen-bond donors (Lipinski definition) is 1. The van der Waals surface area contributed by atoms with E-state index in [9.17, 15) is 0 Å². The first kappa shape index (κ1) is 12.6. The van der Waals surface area contributed by atoms with Gasteiger partial charge in [-0.3, -0.25) is 4.68 Å². The monoisotopic (exact) mass is 235 g/mol. The number of piperidine rings is 1. The summed E-state index contributed by atoms with van der Waals surface area (Å²) in [6, 6.07) is 0. The molecule has 1 saturated heterocycles. The molecule has 1 aliphatic rings. The quantitative estimate of drug-likeness (QED) is 0.810.